The Labute approximate surface area is 188 Å². The van der Waals surface area contributed by atoms with E-state index >= 15 is 0 Å². The van der Waals surface area contributed by atoms with Gasteiger partial charge in [-0.3, -0.25) is 9.59 Å². The highest BCUT2D eigenvalue weighted by Gasteiger charge is 2.31. The molecule has 1 fully saturated rings. The summed E-state index contributed by atoms with van der Waals surface area (Å²) in [5.41, 5.74) is 1.76. The minimum Gasteiger partial charge on any atom is -0.466 e. The quantitative estimate of drug-likeness (QED) is 0.487. The van der Waals surface area contributed by atoms with Crippen molar-refractivity contribution in [2.75, 3.05) is 31.6 Å². The van der Waals surface area contributed by atoms with Gasteiger partial charge in [0.15, 0.2) is 0 Å². The van der Waals surface area contributed by atoms with Crippen molar-refractivity contribution in [2.45, 2.75) is 12.8 Å². The molecular weight excluding hydrogens is 441 g/mol. The first kappa shape index (κ1) is 23.8. The van der Waals surface area contributed by atoms with Crippen LogP contribution < -0.4 is 9.64 Å². The van der Waals surface area contributed by atoms with Crippen molar-refractivity contribution < 1.29 is 37.0 Å². The van der Waals surface area contributed by atoms with E-state index < -0.39 is 12.3 Å². The third kappa shape index (κ3) is 6.58. The fourth-order valence-corrected chi connectivity index (χ4v) is 3.34. The van der Waals surface area contributed by atoms with Gasteiger partial charge in [0.25, 0.3) is 0 Å². The number of nitrogens with zero attached hydrogens (tertiary/aromatic N) is 2. The SMILES string of the molecule is COC(=O)/C=C/c1ccccc1N1CCN(C(=O)Cc2ccc(OC(F)(F)F)cc2)CC1=O. The maximum absolute atomic E-state index is 12.8. The number of para-hydroxylation sites is 1. The lowest BCUT2D eigenvalue weighted by atomic mass is 10.1. The van der Waals surface area contributed by atoms with Crippen LogP contribution in [0, 0.1) is 0 Å². The Hall–Kier alpha value is -3.82. The number of piperazine rings is 1. The molecule has 0 bridgehead atoms. The number of methoxy groups -OCH3 is 1. The third-order valence-electron chi connectivity index (χ3n) is 4.91. The molecule has 7 nitrogen and oxygen atoms in total. The van der Waals surface area contributed by atoms with Crippen LogP contribution in [0.15, 0.2) is 54.6 Å². The van der Waals surface area contributed by atoms with Crippen molar-refractivity contribution in [1.29, 1.82) is 0 Å². The van der Waals surface area contributed by atoms with Crippen LogP contribution in [0.1, 0.15) is 11.1 Å². The third-order valence-corrected chi connectivity index (χ3v) is 4.91. The van der Waals surface area contributed by atoms with Crippen molar-refractivity contribution in [2.24, 2.45) is 0 Å². The molecule has 2 amide bonds. The molecule has 0 atom stereocenters. The van der Waals surface area contributed by atoms with Crippen molar-refractivity contribution in [3.8, 4) is 5.75 Å². The molecule has 174 valence electrons. The average molecular weight is 462 g/mol. The molecule has 1 saturated heterocycles. The Balaban J connectivity index is 1.63. The van der Waals surface area contributed by atoms with E-state index in [0.29, 0.717) is 16.8 Å². The Morgan fingerprint density at radius 2 is 1.76 bits per heavy atom. The number of ether oxygens (including phenoxy) is 2. The summed E-state index contributed by atoms with van der Waals surface area (Å²) in [6.07, 6.45) is -2.03. The smallest absolute Gasteiger partial charge is 0.466 e. The van der Waals surface area contributed by atoms with Crippen LogP contribution in [0.2, 0.25) is 0 Å². The summed E-state index contributed by atoms with van der Waals surface area (Å²) in [6, 6.07) is 12.1. The number of carbonyl (C=O) groups is 3. The molecule has 0 N–H and O–H groups in total. The van der Waals surface area contributed by atoms with E-state index in [1.807, 2.05) is 0 Å². The molecule has 2 aromatic rings. The number of hydrogen-bond acceptors (Lipinski definition) is 5. The van der Waals surface area contributed by atoms with Crippen molar-refractivity contribution in [3.05, 3.63) is 65.7 Å². The Kier molecular flexibility index (Phi) is 7.37. The molecule has 0 aromatic heterocycles. The van der Waals surface area contributed by atoms with Crippen LogP contribution in [-0.2, 0) is 25.5 Å². The van der Waals surface area contributed by atoms with Crippen molar-refractivity contribution in [3.63, 3.8) is 0 Å². The minimum absolute atomic E-state index is 0.0575. The number of benzene rings is 2. The summed E-state index contributed by atoms with van der Waals surface area (Å²) in [7, 11) is 1.27. The number of esters is 1. The van der Waals surface area contributed by atoms with Gasteiger partial charge in [0.05, 0.1) is 19.2 Å². The molecule has 0 radical (unpaired) electrons. The summed E-state index contributed by atoms with van der Waals surface area (Å²) in [5.74, 6) is -1.50. The number of alkyl halides is 3. The van der Waals surface area contributed by atoms with Crippen molar-refractivity contribution in [1.82, 2.24) is 4.90 Å². The second-order valence-electron chi connectivity index (χ2n) is 7.14. The Morgan fingerprint density at radius 3 is 2.39 bits per heavy atom. The fourth-order valence-electron chi connectivity index (χ4n) is 3.34. The normalized spacial score (nSPS) is 14.5. The van der Waals surface area contributed by atoms with Crippen LogP contribution in [-0.4, -0.2) is 55.8 Å². The first-order valence-electron chi connectivity index (χ1n) is 9.94. The predicted octanol–water partition coefficient (Wildman–Crippen LogP) is 3.19. The standard InChI is InChI=1S/C23H21F3N2O5/c1-32-22(31)11-8-17-4-2-3-5-19(17)28-13-12-27(15-21(28)30)20(29)14-16-6-9-18(10-7-16)33-23(24,25)26/h2-11H,12-15H2,1H3/b11-8+. The highest BCUT2D eigenvalue weighted by molar-refractivity contribution is 6.00. The maximum Gasteiger partial charge on any atom is 0.573 e. The number of anilines is 1. The van der Waals surface area contributed by atoms with Gasteiger partial charge in [-0.2, -0.15) is 0 Å². The molecule has 0 spiro atoms. The molecule has 1 aliphatic heterocycles. The van der Waals surface area contributed by atoms with Crippen LogP contribution >= 0.6 is 0 Å². The first-order valence-corrected chi connectivity index (χ1v) is 9.94. The minimum atomic E-state index is -4.79. The van der Waals surface area contributed by atoms with Gasteiger partial charge in [-0.25, -0.2) is 4.79 Å². The molecule has 10 heteroatoms. The highest BCUT2D eigenvalue weighted by atomic mass is 19.4. The molecule has 33 heavy (non-hydrogen) atoms. The van der Waals surface area contributed by atoms with Gasteiger partial charge in [0.1, 0.15) is 12.3 Å². The zero-order valence-electron chi connectivity index (χ0n) is 17.7. The van der Waals surface area contributed by atoms with Gasteiger partial charge in [0, 0.05) is 19.2 Å². The summed E-state index contributed by atoms with van der Waals surface area (Å²) < 4.78 is 45.2. The van der Waals surface area contributed by atoms with Crippen LogP contribution in [0.4, 0.5) is 18.9 Å². The van der Waals surface area contributed by atoms with Crippen molar-refractivity contribution >= 4 is 29.5 Å². The summed E-state index contributed by atoms with van der Waals surface area (Å²) in [4.78, 5) is 39.8. The number of halogens is 3. The second-order valence-corrected chi connectivity index (χ2v) is 7.14. The summed E-state index contributed by atoms with van der Waals surface area (Å²) in [6.45, 7) is 0.407. The molecule has 3 rings (SSSR count). The van der Waals surface area contributed by atoms with E-state index in [0.717, 1.165) is 12.1 Å². The van der Waals surface area contributed by atoms with E-state index in [1.165, 1.54) is 30.2 Å². The van der Waals surface area contributed by atoms with E-state index in [-0.39, 0.29) is 43.6 Å². The van der Waals surface area contributed by atoms with Gasteiger partial charge in [0.2, 0.25) is 11.8 Å². The first-order chi connectivity index (χ1) is 15.7. The monoisotopic (exact) mass is 462 g/mol. The van der Waals surface area contributed by atoms with Gasteiger partial charge in [-0.15, -0.1) is 13.2 Å². The van der Waals surface area contributed by atoms with Crippen LogP contribution in [0.25, 0.3) is 6.08 Å². The number of hydrogen-bond donors (Lipinski definition) is 0. The average Bonchev–Trinajstić information content (AvgIpc) is 2.78. The van der Waals surface area contributed by atoms with Gasteiger partial charge < -0.3 is 19.3 Å². The summed E-state index contributed by atoms with van der Waals surface area (Å²) in [5, 5.41) is 0. The highest BCUT2D eigenvalue weighted by Crippen LogP contribution is 2.25. The number of amides is 2. The molecule has 0 saturated carbocycles. The van der Waals surface area contributed by atoms with Crippen LogP contribution in [0.3, 0.4) is 0 Å². The Morgan fingerprint density at radius 1 is 1.06 bits per heavy atom. The zero-order valence-corrected chi connectivity index (χ0v) is 17.7. The fraction of sp³-hybridized carbons (Fsp3) is 0.261. The molecule has 0 aliphatic carbocycles. The Bertz CT molecular complexity index is 1050. The maximum atomic E-state index is 12.8. The van der Waals surface area contributed by atoms with E-state index in [2.05, 4.69) is 9.47 Å². The molecule has 2 aromatic carbocycles. The topological polar surface area (TPSA) is 76.2 Å². The lowest BCUT2D eigenvalue weighted by Gasteiger charge is -2.35. The van der Waals surface area contributed by atoms with E-state index in [4.69, 9.17) is 0 Å². The largest absolute Gasteiger partial charge is 0.573 e. The summed E-state index contributed by atoms with van der Waals surface area (Å²) >= 11 is 0. The lowest BCUT2D eigenvalue weighted by molar-refractivity contribution is -0.274. The predicted molar refractivity (Wildman–Crippen MR) is 113 cm³/mol. The van der Waals surface area contributed by atoms with Gasteiger partial charge in [-0.05, 0) is 35.4 Å². The molecule has 0 unspecified atom stereocenters. The zero-order chi connectivity index (χ0) is 24.0. The van der Waals surface area contributed by atoms with E-state index in [9.17, 15) is 27.6 Å². The van der Waals surface area contributed by atoms with Gasteiger partial charge in [-0.1, -0.05) is 30.3 Å². The second kappa shape index (κ2) is 10.2. The molecule has 1 heterocycles. The molecule has 1 aliphatic rings. The lowest BCUT2D eigenvalue weighted by Crippen LogP contribution is -2.53. The van der Waals surface area contributed by atoms with Crippen LogP contribution in [0.5, 0.6) is 5.75 Å². The van der Waals surface area contributed by atoms with Gasteiger partial charge >= 0.3 is 12.3 Å². The number of carbonyl (C=O) groups excluding carboxylic acids is 3. The van der Waals surface area contributed by atoms with E-state index in [1.54, 1.807) is 35.2 Å². The number of rotatable bonds is 6. The molecular formula is C23H21F3N2O5.